The molecular formula is C19H28FN5. The lowest BCUT2D eigenvalue weighted by atomic mass is 9.84. The van der Waals surface area contributed by atoms with Crippen LogP contribution in [-0.4, -0.2) is 35.9 Å². The average molecular weight is 345 g/mol. The fourth-order valence-corrected chi connectivity index (χ4v) is 2.57. The van der Waals surface area contributed by atoms with Gasteiger partial charge in [-0.3, -0.25) is 9.67 Å². The van der Waals surface area contributed by atoms with Gasteiger partial charge in [0.2, 0.25) is 0 Å². The van der Waals surface area contributed by atoms with Crippen molar-refractivity contribution >= 4 is 5.96 Å². The third-order valence-electron chi connectivity index (χ3n) is 4.15. The van der Waals surface area contributed by atoms with Gasteiger partial charge in [0.15, 0.2) is 5.96 Å². The Labute approximate surface area is 149 Å². The second-order valence-corrected chi connectivity index (χ2v) is 6.88. The highest BCUT2D eigenvalue weighted by molar-refractivity contribution is 5.79. The smallest absolute Gasteiger partial charge is 0.191 e. The number of benzene rings is 1. The molecule has 136 valence electrons. The molecule has 0 unspecified atom stereocenters. The summed E-state index contributed by atoms with van der Waals surface area (Å²) in [5, 5.41) is 10.9. The molecule has 0 amide bonds. The van der Waals surface area contributed by atoms with Gasteiger partial charge in [-0.2, -0.15) is 5.10 Å². The first-order valence-electron chi connectivity index (χ1n) is 8.60. The quantitative estimate of drug-likeness (QED) is 0.461. The first kappa shape index (κ1) is 19.0. The van der Waals surface area contributed by atoms with Crippen LogP contribution >= 0.6 is 0 Å². The number of aliphatic imine (C=N–C) groups is 1. The summed E-state index contributed by atoms with van der Waals surface area (Å²) in [5.74, 6) is 0.545. The van der Waals surface area contributed by atoms with Gasteiger partial charge in [-0.1, -0.05) is 26.0 Å². The maximum absolute atomic E-state index is 13.4. The number of aromatic nitrogens is 2. The molecule has 2 N–H and O–H groups in total. The molecule has 0 aliphatic carbocycles. The van der Waals surface area contributed by atoms with E-state index in [0.29, 0.717) is 6.54 Å². The summed E-state index contributed by atoms with van der Waals surface area (Å²) >= 11 is 0. The third-order valence-corrected chi connectivity index (χ3v) is 4.15. The van der Waals surface area contributed by atoms with Crippen LogP contribution in [0, 0.1) is 12.7 Å². The number of hydrogen-bond donors (Lipinski definition) is 2. The van der Waals surface area contributed by atoms with Crippen LogP contribution in [0.5, 0.6) is 0 Å². The minimum Gasteiger partial charge on any atom is -0.356 e. The van der Waals surface area contributed by atoms with Crippen molar-refractivity contribution in [2.45, 2.75) is 39.2 Å². The van der Waals surface area contributed by atoms with Crippen molar-refractivity contribution in [2.75, 3.05) is 20.1 Å². The molecule has 0 spiro atoms. The van der Waals surface area contributed by atoms with Crippen LogP contribution in [0.1, 0.15) is 31.4 Å². The van der Waals surface area contributed by atoms with E-state index in [1.54, 1.807) is 19.2 Å². The molecule has 0 bridgehead atoms. The minimum absolute atomic E-state index is 0.202. The van der Waals surface area contributed by atoms with E-state index < -0.39 is 0 Å². The number of aryl methyl sites for hydroxylation is 2. The van der Waals surface area contributed by atoms with Crippen molar-refractivity contribution in [3.8, 4) is 0 Å². The summed E-state index contributed by atoms with van der Waals surface area (Å²) < 4.78 is 15.4. The van der Waals surface area contributed by atoms with E-state index in [1.165, 1.54) is 11.6 Å². The van der Waals surface area contributed by atoms with E-state index >= 15 is 0 Å². The maximum Gasteiger partial charge on any atom is 0.191 e. The zero-order chi connectivity index (χ0) is 18.3. The fourth-order valence-electron chi connectivity index (χ4n) is 2.57. The molecule has 0 fully saturated rings. The molecule has 0 aliphatic heterocycles. The molecular weight excluding hydrogens is 317 g/mol. The molecule has 6 heteroatoms. The molecule has 1 aromatic heterocycles. The Bertz CT molecular complexity index is 705. The van der Waals surface area contributed by atoms with Crippen LogP contribution in [0.4, 0.5) is 4.39 Å². The summed E-state index contributed by atoms with van der Waals surface area (Å²) in [5.41, 5.74) is 1.93. The largest absolute Gasteiger partial charge is 0.356 e. The minimum atomic E-state index is -0.207. The Kier molecular flexibility index (Phi) is 6.56. The molecule has 25 heavy (non-hydrogen) atoms. The summed E-state index contributed by atoms with van der Waals surface area (Å²) in [6.07, 6.45) is 4.85. The number of nitrogens with zero attached hydrogens (tertiary/aromatic N) is 3. The molecule has 2 aromatic rings. The zero-order valence-electron chi connectivity index (χ0n) is 15.5. The molecule has 0 saturated heterocycles. The molecule has 0 radical (unpaired) electrons. The lowest BCUT2D eigenvalue weighted by Crippen LogP contribution is -2.43. The number of rotatable bonds is 7. The molecule has 0 saturated carbocycles. The Morgan fingerprint density at radius 2 is 2.12 bits per heavy atom. The first-order valence-corrected chi connectivity index (χ1v) is 8.60. The monoisotopic (exact) mass is 345 g/mol. The van der Waals surface area contributed by atoms with Gasteiger partial charge in [0.25, 0.3) is 0 Å². The highest BCUT2D eigenvalue weighted by Crippen LogP contribution is 2.22. The topological polar surface area (TPSA) is 54.2 Å². The van der Waals surface area contributed by atoms with Crippen LogP contribution in [0.25, 0.3) is 0 Å². The van der Waals surface area contributed by atoms with Crippen LogP contribution in [0.2, 0.25) is 0 Å². The Morgan fingerprint density at radius 3 is 2.76 bits per heavy atom. The predicted molar refractivity (Wildman–Crippen MR) is 100 cm³/mol. The van der Waals surface area contributed by atoms with Crippen molar-refractivity contribution in [2.24, 2.45) is 4.99 Å². The van der Waals surface area contributed by atoms with Gasteiger partial charge in [0.05, 0.1) is 6.20 Å². The zero-order valence-corrected chi connectivity index (χ0v) is 15.5. The highest BCUT2D eigenvalue weighted by Gasteiger charge is 2.21. The predicted octanol–water partition coefficient (Wildman–Crippen LogP) is 2.86. The molecule has 1 aromatic carbocycles. The van der Waals surface area contributed by atoms with Gasteiger partial charge in [-0.15, -0.1) is 0 Å². The average Bonchev–Trinajstić information content (AvgIpc) is 2.99. The van der Waals surface area contributed by atoms with Crippen molar-refractivity contribution in [1.82, 2.24) is 20.4 Å². The summed E-state index contributed by atoms with van der Waals surface area (Å²) in [6, 6.07) is 6.75. The number of nitrogens with one attached hydrogen (secondary N) is 2. The molecule has 1 heterocycles. The van der Waals surface area contributed by atoms with Crippen molar-refractivity contribution in [1.29, 1.82) is 0 Å². The lowest BCUT2D eigenvalue weighted by Gasteiger charge is -2.26. The first-order chi connectivity index (χ1) is 11.9. The van der Waals surface area contributed by atoms with E-state index in [-0.39, 0.29) is 11.2 Å². The van der Waals surface area contributed by atoms with Crippen LogP contribution in [-0.2, 0) is 12.0 Å². The van der Waals surface area contributed by atoms with E-state index in [0.717, 1.165) is 31.0 Å². The number of halogens is 1. The highest BCUT2D eigenvalue weighted by atomic mass is 19.1. The normalized spacial score (nSPS) is 12.3. The van der Waals surface area contributed by atoms with Gasteiger partial charge in [-0.05, 0) is 36.6 Å². The number of guanidine groups is 1. The Balaban J connectivity index is 1.77. The molecule has 5 nitrogen and oxygen atoms in total. The SMILES string of the molecule is CN=C(NCCCn1cc(C)cn1)NCC(C)(C)c1cccc(F)c1. The van der Waals surface area contributed by atoms with Crippen molar-refractivity contribution in [3.63, 3.8) is 0 Å². The van der Waals surface area contributed by atoms with Crippen molar-refractivity contribution in [3.05, 3.63) is 53.6 Å². The fraction of sp³-hybridized carbons (Fsp3) is 0.474. The summed E-state index contributed by atoms with van der Waals surface area (Å²) in [7, 11) is 1.75. The third kappa shape index (κ3) is 5.89. The van der Waals surface area contributed by atoms with E-state index in [9.17, 15) is 4.39 Å². The lowest BCUT2D eigenvalue weighted by molar-refractivity contribution is 0.501. The Hall–Kier alpha value is -2.37. The molecule has 0 atom stereocenters. The molecule has 0 aliphatic rings. The van der Waals surface area contributed by atoms with E-state index in [4.69, 9.17) is 0 Å². The van der Waals surface area contributed by atoms with Gasteiger partial charge in [-0.25, -0.2) is 4.39 Å². The van der Waals surface area contributed by atoms with Crippen LogP contribution < -0.4 is 10.6 Å². The van der Waals surface area contributed by atoms with Crippen LogP contribution in [0.15, 0.2) is 41.7 Å². The summed E-state index contributed by atoms with van der Waals surface area (Å²) in [6.45, 7) is 8.54. The second kappa shape index (κ2) is 8.65. The van der Waals surface area contributed by atoms with Crippen LogP contribution in [0.3, 0.4) is 0 Å². The van der Waals surface area contributed by atoms with Gasteiger partial charge in [0.1, 0.15) is 5.82 Å². The number of hydrogen-bond acceptors (Lipinski definition) is 2. The van der Waals surface area contributed by atoms with Crippen molar-refractivity contribution < 1.29 is 4.39 Å². The molecule has 2 rings (SSSR count). The Morgan fingerprint density at radius 1 is 1.32 bits per heavy atom. The van der Waals surface area contributed by atoms with Gasteiger partial charge < -0.3 is 10.6 Å². The van der Waals surface area contributed by atoms with Gasteiger partial charge >= 0.3 is 0 Å². The standard InChI is InChI=1S/C19H28FN5/c1-15-12-24-25(13-15)10-6-9-22-18(21-4)23-14-19(2,3)16-7-5-8-17(20)11-16/h5,7-8,11-13H,6,9-10,14H2,1-4H3,(H2,21,22,23). The van der Waals surface area contributed by atoms with E-state index in [2.05, 4.69) is 34.6 Å². The summed E-state index contributed by atoms with van der Waals surface area (Å²) in [4.78, 5) is 4.25. The van der Waals surface area contributed by atoms with Gasteiger partial charge in [0, 0.05) is 38.3 Å². The second-order valence-electron chi connectivity index (χ2n) is 6.88. The van der Waals surface area contributed by atoms with E-state index in [1.807, 2.05) is 30.1 Å². The maximum atomic E-state index is 13.4.